The number of carbonyl (C=O) groups excluding carboxylic acids is 2. The predicted octanol–water partition coefficient (Wildman–Crippen LogP) is 2.99. The summed E-state index contributed by atoms with van der Waals surface area (Å²) < 4.78 is 0. The molecule has 34 heavy (non-hydrogen) atoms. The number of amides is 2. The van der Waals surface area contributed by atoms with Gasteiger partial charge in [0, 0.05) is 13.0 Å². The molecule has 2 aromatic rings. The highest BCUT2D eigenvalue weighted by molar-refractivity contribution is 5.90. The van der Waals surface area contributed by atoms with Crippen LogP contribution in [0.25, 0.3) is 0 Å². The van der Waals surface area contributed by atoms with Crippen LogP contribution >= 0.6 is 0 Å². The fraction of sp³-hybridized carbons (Fsp3) is 0.444. The number of likely N-dealkylation sites (tertiary alicyclic amines) is 1. The molecule has 7 nitrogen and oxygen atoms in total. The molecule has 2 aromatic carbocycles. The quantitative estimate of drug-likeness (QED) is 0.474. The van der Waals surface area contributed by atoms with E-state index in [1.165, 1.54) is 0 Å². The first-order valence-corrected chi connectivity index (χ1v) is 12.0. The lowest BCUT2D eigenvalue weighted by atomic mass is 9.99. The van der Waals surface area contributed by atoms with E-state index in [0.717, 1.165) is 17.5 Å². The highest BCUT2D eigenvalue weighted by Gasteiger charge is 2.39. The van der Waals surface area contributed by atoms with Gasteiger partial charge in [0.2, 0.25) is 11.8 Å². The summed E-state index contributed by atoms with van der Waals surface area (Å²) in [7, 11) is 0. The molecule has 0 bridgehead atoms. The lowest BCUT2D eigenvalue weighted by Crippen LogP contribution is -2.56. The summed E-state index contributed by atoms with van der Waals surface area (Å²) in [5, 5.41) is 15.6. The van der Waals surface area contributed by atoms with Crippen molar-refractivity contribution >= 4 is 17.8 Å². The Bertz CT molecular complexity index is 949. The summed E-state index contributed by atoms with van der Waals surface area (Å²) in [6, 6.07) is 17.1. The van der Waals surface area contributed by atoms with E-state index >= 15 is 0 Å². The van der Waals surface area contributed by atoms with Crippen LogP contribution in [-0.4, -0.2) is 52.5 Å². The van der Waals surface area contributed by atoms with Gasteiger partial charge < -0.3 is 15.7 Å². The first-order valence-electron chi connectivity index (χ1n) is 12.0. The number of benzene rings is 2. The molecular weight excluding hydrogens is 430 g/mol. The standard InChI is InChI=1S/C27H35N3O4/c1-19(2)16-24(30-15-9-14-23(30)27(33)34)26(32)29-22(17-20-10-5-3-6-11-20)25(31)28-18-21-12-7-4-8-13-21/h3-8,10-13,19,22-24H,9,14-18H2,1-2H3,(H,28,31)(H,29,32)(H,33,34)/t22-,23+,24?/m0/s1. The van der Waals surface area contributed by atoms with E-state index in [2.05, 4.69) is 10.6 Å². The third-order valence-electron chi connectivity index (χ3n) is 6.20. The van der Waals surface area contributed by atoms with Crippen LogP contribution in [0.15, 0.2) is 60.7 Å². The molecule has 3 atom stereocenters. The third-order valence-corrected chi connectivity index (χ3v) is 6.20. The molecule has 3 N–H and O–H groups in total. The van der Waals surface area contributed by atoms with E-state index in [0.29, 0.717) is 32.4 Å². The van der Waals surface area contributed by atoms with Crippen molar-refractivity contribution in [1.82, 2.24) is 15.5 Å². The van der Waals surface area contributed by atoms with Gasteiger partial charge in [-0.1, -0.05) is 74.5 Å². The summed E-state index contributed by atoms with van der Waals surface area (Å²) in [4.78, 5) is 40.2. The zero-order valence-corrected chi connectivity index (χ0v) is 19.9. The minimum Gasteiger partial charge on any atom is -0.480 e. The molecule has 0 aromatic heterocycles. The van der Waals surface area contributed by atoms with E-state index in [-0.39, 0.29) is 17.7 Å². The van der Waals surface area contributed by atoms with Crippen LogP contribution in [0.5, 0.6) is 0 Å². The molecule has 0 radical (unpaired) electrons. The number of carboxylic acids is 1. The molecule has 1 unspecified atom stereocenters. The summed E-state index contributed by atoms with van der Waals surface area (Å²) >= 11 is 0. The smallest absolute Gasteiger partial charge is 0.320 e. The van der Waals surface area contributed by atoms with Gasteiger partial charge in [0.1, 0.15) is 12.1 Å². The summed E-state index contributed by atoms with van der Waals surface area (Å²) in [5.41, 5.74) is 1.91. The number of carboxylic acid groups (broad SMARTS) is 1. The number of hydrogen-bond acceptors (Lipinski definition) is 4. The normalized spacial score (nSPS) is 17.8. The Morgan fingerprint density at radius 3 is 2.18 bits per heavy atom. The van der Waals surface area contributed by atoms with Crippen LogP contribution in [0.4, 0.5) is 0 Å². The van der Waals surface area contributed by atoms with Crippen molar-refractivity contribution in [3.63, 3.8) is 0 Å². The van der Waals surface area contributed by atoms with Crippen molar-refractivity contribution in [1.29, 1.82) is 0 Å². The summed E-state index contributed by atoms with van der Waals surface area (Å²) in [6.45, 7) is 4.95. The predicted molar refractivity (Wildman–Crippen MR) is 131 cm³/mol. The Balaban J connectivity index is 1.77. The molecule has 0 spiro atoms. The monoisotopic (exact) mass is 465 g/mol. The Morgan fingerprint density at radius 1 is 0.971 bits per heavy atom. The number of hydrogen-bond donors (Lipinski definition) is 3. The second-order valence-corrected chi connectivity index (χ2v) is 9.33. The molecule has 2 amide bonds. The zero-order valence-electron chi connectivity index (χ0n) is 19.9. The van der Waals surface area contributed by atoms with Crippen molar-refractivity contribution in [2.24, 2.45) is 5.92 Å². The number of nitrogens with zero attached hydrogens (tertiary/aromatic N) is 1. The Hall–Kier alpha value is -3.19. The van der Waals surface area contributed by atoms with E-state index in [1.54, 1.807) is 4.90 Å². The van der Waals surface area contributed by atoms with Gasteiger partial charge in [0.05, 0.1) is 6.04 Å². The van der Waals surface area contributed by atoms with Crippen LogP contribution in [0.1, 0.15) is 44.2 Å². The molecule has 1 aliphatic rings. The van der Waals surface area contributed by atoms with Gasteiger partial charge in [-0.3, -0.25) is 19.3 Å². The second kappa shape index (κ2) is 12.3. The topological polar surface area (TPSA) is 98.7 Å². The van der Waals surface area contributed by atoms with Gasteiger partial charge in [0.25, 0.3) is 0 Å². The molecule has 7 heteroatoms. The molecule has 182 valence electrons. The van der Waals surface area contributed by atoms with Crippen LogP contribution in [0.2, 0.25) is 0 Å². The van der Waals surface area contributed by atoms with Gasteiger partial charge >= 0.3 is 5.97 Å². The molecular formula is C27H35N3O4. The maximum absolute atomic E-state index is 13.5. The maximum Gasteiger partial charge on any atom is 0.320 e. The van der Waals surface area contributed by atoms with Gasteiger partial charge in [-0.15, -0.1) is 0 Å². The summed E-state index contributed by atoms with van der Waals surface area (Å²) in [6.07, 6.45) is 2.15. The highest BCUT2D eigenvalue weighted by atomic mass is 16.4. The maximum atomic E-state index is 13.5. The SMILES string of the molecule is CC(C)CC(C(=O)N[C@@H](Cc1ccccc1)C(=O)NCc1ccccc1)N1CCC[C@@H]1C(=O)O. The van der Waals surface area contributed by atoms with Gasteiger partial charge in [-0.25, -0.2) is 0 Å². The Labute approximate surface area is 201 Å². The fourth-order valence-corrected chi connectivity index (χ4v) is 4.50. The number of nitrogens with one attached hydrogen (secondary N) is 2. The lowest BCUT2D eigenvalue weighted by molar-refractivity contribution is -0.145. The first-order chi connectivity index (χ1) is 16.3. The Morgan fingerprint density at radius 2 is 1.59 bits per heavy atom. The Kier molecular flexibility index (Phi) is 9.22. The van der Waals surface area contributed by atoms with Gasteiger partial charge in [-0.05, 0) is 42.9 Å². The van der Waals surface area contributed by atoms with Crippen molar-refractivity contribution < 1.29 is 19.5 Å². The van der Waals surface area contributed by atoms with E-state index in [1.807, 2.05) is 74.5 Å². The largest absolute Gasteiger partial charge is 0.480 e. The number of aliphatic carboxylic acids is 1. The second-order valence-electron chi connectivity index (χ2n) is 9.33. The molecule has 0 aliphatic carbocycles. The molecule has 1 fully saturated rings. The van der Waals surface area contributed by atoms with E-state index in [4.69, 9.17) is 0 Å². The fourth-order valence-electron chi connectivity index (χ4n) is 4.50. The average Bonchev–Trinajstić information content (AvgIpc) is 3.32. The lowest BCUT2D eigenvalue weighted by Gasteiger charge is -2.32. The van der Waals surface area contributed by atoms with Crippen molar-refractivity contribution in [3.8, 4) is 0 Å². The van der Waals surface area contributed by atoms with Gasteiger partial charge in [0.15, 0.2) is 0 Å². The van der Waals surface area contributed by atoms with Crippen molar-refractivity contribution in [3.05, 3.63) is 71.8 Å². The van der Waals surface area contributed by atoms with Crippen LogP contribution in [-0.2, 0) is 27.3 Å². The highest BCUT2D eigenvalue weighted by Crippen LogP contribution is 2.24. The molecule has 1 aliphatic heterocycles. The first kappa shape index (κ1) is 25.4. The van der Waals surface area contributed by atoms with Crippen LogP contribution in [0.3, 0.4) is 0 Å². The van der Waals surface area contributed by atoms with Crippen LogP contribution < -0.4 is 10.6 Å². The van der Waals surface area contributed by atoms with E-state index < -0.39 is 24.1 Å². The number of carbonyl (C=O) groups is 3. The molecule has 3 rings (SSSR count). The van der Waals surface area contributed by atoms with Crippen LogP contribution in [0, 0.1) is 5.92 Å². The molecule has 0 saturated carbocycles. The van der Waals surface area contributed by atoms with Gasteiger partial charge in [-0.2, -0.15) is 0 Å². The minimum atomic E-state index is -0.902. The molecule has 1 saturated heterocycles. The van der Waals surface area contributed by atoms with Crippen molar-refractivity contribution in [2.75, 3.05) is 6.54 Å². The minimum absolute atomic E-state index is 0.199. The average molecular weight is 466 g/mol. The molecule has 1 heterocycles. The number of rotatable bonds is 11. The zero-order chi connectivity index (χ0) is 24.5. The third kappa shape index (κ3) is 7.15. The van der Waals surface area contributed by atoms with Crippen molar-refractivity contribution in [2.45, 2.75) is 64.2 Å². The van der Waals surface area contributed by atoms with E-state index in [9.17, 15) is 19.5 Å². The summed E-state index contributed by atoms with van der Waals surface area (Å²) in [5.74, 6) is -1.26.